The number of nitro benzene ring substituents is 1. The van der Waals surface area contributed by atoms with Crippen molar-refractivity contribution < 1.29 is 4.92 Å². The van der Waals surface area contributed by atoms with Crippen molar-refractivity contribution in [3.8, 4) is 0 Å². The van der Waals surface area contributed by atoms with Crippen LogP contribution >= 0.6 is 11.6 Å². The Bertz CT molecular complexity index is 842. The fourth-order valence-electron chi connectivity index (χ4n) is 3.14. The highest BCUT2D eigenvalue weighted by molar-refractivity contribution is 6.30. The first-order valence-electron chi connectivity index (χ1n) is 8.76. The minimum absolute atomic E-state index is 0.0882. The molecule has 0 aromatic heterocycles. The van der Waals surface area contributed by atoms with Crippen molar-refractivity contribution in [1.82, 2.24) is 10.6 Å². The second kappa shape index (κ2) is 8.73. The third-order valence-corrected chi connectivity index (χ3v) is 4.74. The molecule has 0 amide bonds. The van der Waals surface area contributed by atoms with Gasteiger partial charge in [0.1, 0.15) is 0 Å². The Labute approximate surface area is 163 Å². The summed E-state index contributed by atoms with van der Waals surface area (Å²) in [6.07, 6.45) is 0.990. The van der Waals surface area contributed by atoms with Gasteiger partial charge in [0, 0.05) is 55.6 Å². The van der Waals surface area contributed by atoms with Gasteiger partial charge in [-0.2, -0.15) is 0 Å². The monoisotopic (exact) mass is 387 g/mol. The maximum Gasteiger partial charge on any atom is 0.269 e. The Kier molecular flexibility index (Phi) is 6.13. The minimum atomic E-state index is -0.389. The lowest BCUT2D eigenvalue weighted by atomic mass is 10.2. The molecular formula is C19H22ClN5O2. The maximum absolute atomic E-state index is 10.9. The molecule has 2 aromatic carbocycles. The molecule has 7 nitrogen and oxygen atoms in total. The normalized spacial score (nSPS) is 17.0. The summed E-state index contributed by atoms with van der Waals surface area (Å²) in [5.74, 6) is 0.680. The lowest BCUT2D eigenvalue weighted by Crippen LogP contribution is -2.44. The lowest BCUT2D eigenvalue weighted by Gasteiger charge is -2.20. The average Bonchev–Trinajstić information content (AvgIpc) is 3.14. The fraction of sp³-hybridized carbons (Fsp3) is 0.316. The highest BCUT2D eigenvalue weighted by atomic mass is 35.5. The standard InChI is InChI=1S/C19H22ClN5O2/c1-21-19(22-12-14-4-2-7-18(10-14)25(26)27)23-16-8-9-24(13-16)17-6-3-5-15(20)11-17/h2-7,10-11,16H,8-9,12-13H2,1H3,(H2,21,22,23). The van der Waals surface area contributed by atoms with Crippen molar-refractivity contribution in [1.29, 1.82) is 0 Å². The summed E-state index contributed by atoms with van der Waals surface area (Å²) in [5, 5.41) is 18.3. The number of nitrogens with one attached hydrogen (secondary N) is 2. The van der Waals surface area contributed by atoms with E-state index in [0.29, 0.717) is 12.5 Å². The smallest absolute Gasteiger partial charge is 0.269 e. The van der Waals surface area contributed by atoms with Crippen LogP contribution in [0.4, 0.5) is 11.4 Å². The minimum Gasteiger partial charge on any atom is -0.369 e. The zero-order valence-electron chi connectivity index (χ0n) is 15.1. The number of guanidine groups is 1. The molecule has 0 aliphatic carbocycles. The van der Waals surface area contributed by atoms with Crippen LogP contribution < -0.4 is 15.5 Å². The van der Waals surface area contributed by atoms with Gasteiger partial charge in [-0.1, -0.05) is 29.8 Å². The van der Waals surface area contributed by atoms with Gasteiger partial charge >= 0.3 is 0 Å². The Morgan fingerprint density at radius 1 is 1.33 bits per heavy atom. The molecule has 0 bridgehead atoms. The number of rotatable bonds is 5. The van der Waals surface area contributed by atoms with Gasteiger partial charge in [0.05, 0.1) is 4.92 Å². The van der Waals surface area contributed by atoms with Crippen LogP contribution in [0.2, 0.25) is 5.02 Å². The van der Waals surface area contributed by atoms with E-state index in [9.17, 15) is 10.1 Å². The SMILES string of the molecule is CN=C(NCc1cccc([N+](=O)[O-])c1)NC1CCN(c2cccc(Cl)c2)C1. The summed E-state index contributed by atoms with van der Waals surface area (Å²) in [6, 6.07) is 14.7. The van der Waals surface area contributed by atoms with E-state index in [4.69, 9.17) is 11.6 Å². The summed E-state index contributed by atoms with van der Waals surface area (Å²) in [4.78, 5) is 17.0. The van der Waals surface area contributed by atoms with Crippen molar-refractivity contribution in [3.63, 3.8) is 0 Å². The van der Waals surface area contributed by atoms with Crippen LogP contribution in [0.5, 0.6) is 0 Å². The van der Waals surface area contributed by atoms with E-state index in [1.807, 2.05) is 24.3 Å². The third kappa shape index (κ3) is 5.10. The van der Waals surface area contributed by atoms with Crippen LogP contribution in [0.1, 0.15) is 12.0 Å². The third-order valence-electron chi connectivity index (χ3n) is 4.51. The van der Waals surface area contributed by atoms with Crippen LogP contribution in [0.15, 0.2) is 53.5 Å². The Morgan fingerprint density at radius 3 is 2.89 bits per heavy atom. The highest BCUT2D eigenvalue weighted by Crippen LogP contribution is 2.23. The zero-order valence-corrected chi connectivity index (χ0v) is 15.8. The lowest BCUT2D eigenvalue weighted by molar-refractivity contribution is -0.384. The number of anilines is 1. The molecule has 0 saturated carbocycles. The van der Waals surface area contributed by atoms with E-state index >= 15 is 0 Å². The van der Waals surface area contributed by atoms with Gasteiger partial charge in [0.25, 0.3) is 5.69 Å². The molecule has 142 valence electrons. The van der Waals surface area contributed by atoms with Crippen molar-refractivity contribution in [2.45, 2.75) is 19.0 Å². The van der Waals surface area contributed by atoms with Crippen molar-refractivity contribution >= 4 is 28.9 Å². The molecule has 1 fully saturated rings. The van der Waals surface area contributed by atoms with Crippen LogP contribution in [0, 0.1) is 10.1 Å². The zero-order chi connectivity index (χ0) is 19.2. The molecular weight excluding hydrogens is 366 g/mol. The number of halogens is 1. The van der Waals surface area contributed by atoms with Gasteiger partial charge in [-0.25, -0.2) is 0 Å². The van der Waals surface area contributed by atoms with E-state index in [1.54, 1.807) is 19.2 Å². The number of hydrogen-bond acceptors (Lipinski definition) is 4. The fourth-order valence-corrected chi connectivity index (χ4v) is 3.32. The van der Waals surface area contributed by atoms with Gasteiger partial charge in [0.2, 0.25) is 0 Å². The predicted molar refractivity (Wildman–Crippen MR) is 109 cm³/mol. The molecule has 27 heavy (non-hydrogen) atoms. The second-order valence-corrected chi connectivity index (χ2v) is 6.85. The first kappa shape index (κ1) is 19.0. The van der Waals surface area contributed by atoms with E-state index in [0.717, 1.165) is 35.8 Å². The molecule has 1 aliphatic rings. The van der Waals surface area contributed by atoms with Gasteiger partial charge in [-0.05, 0) is 30.2 Å². The topological polar surface area (TPSA) is 82.8 Å². The summed E-state index contributed by atoms with van der Waals surface area (Å²) in [7, 11) is 1.71. The summed E-state index contributed by atoms with van der Waals surface area (Å²) in [6.45, 7) is 2.27. The van der Waals surface area contributed by atoms with Crippen LogP contribution in [0.25, 0.3) is 0 Å². The highest BCUT2D eigenvalue weighted by Gasteiger charge is 2.23. The van der Waals surface area contributed by atoms with Crippen LogP contribution in [0.3, 0.4) is 0 Å². The van der Waals surface area contributed by atoms with Crippen molar-refractivity contribution in [3.05, 3.63) is 69.2 Å². The molecule has 8 heteroatoms. The Morgan fingerprint density at radius 2 is 2.15 bits per heavy atom. The molecule has 0 spiro atoms. The van der Waals surface area contributed by atoms with E-state index in [1.165, 1.54) is 6.07 Å². The number of hydrogen-bond donors (Lipinski definition) is 2. The molecule has 1 heterocycles. The molecule has 1 atom stereocenters. The Balaban J connectivity index is 1.54. The van der Waals surface area contributed by atoms with E-state index in [2.05, 4.69) is 26.6 Å². The largest absolute Gasteiger partial charge is 0.369 e. The molecule has 1 unspecified atom stereocenters. The van der Waals surface area contributed by atoms with Crippen LogP contribution in [-0.2, 0) is 6.54 Å². The van der Waals surface area contributed by atoms with Gasteiger partial charge in [-0.3, -0.25) is 15.1 Å². The molecule has 2 N–H and O–H groups in total. The van der Waals surface area contributed by atoms with Crippen LogP contribution in [-0.4, -0.2) is 37.1 Å². The summed E-state index contributed by atoms with van der Waals surface area (Å²) >= 11 is 6.08. The van der Waals surface area contributed by atoms with E-state index in [-0.39, 0.29) is 16.7 Å². The number of nitrogens with zero attached hydrogens (tertiary/aromatic N) is 3. The molecule has 1 saturated heterocycles. The summed E-state index contributed by atoms with van der Waals surface area (Å²) < 4.78 is 0. The quantitative estimate of drug-likeness (QED) is 0.356. The van der Waals surface area contributed by atoms with Gasteiger partial charge in [0.15, 0.2) is 5.96 Å². The van der Waals surface area contributed by atoms with Gasteiger partial charge < -0.3 is 15.5 Å². The number of aliphatic imine (C=N–C) groups is 1. The predicted octanol–water partition coefficient (Wildman–Crippen LogP) is 3.19. The number of nitro groups is 1. The molecule has 0 radical (unpaired) electrons. The maximum atomic E-state index is 10.9. The average molecular weight is 388 g/mol. The Hall–Kier alpha value is -2.80. The molecule has 2 aromatic rings. The summed E-state index contributed by atoms with van der Waals surface area (Å²) in [5.41, 5.74) is 2.04. The number of non-ortho nitro benzene ring substituents is 1. The number of benzene rings is 2. The first-order chi connectivity index (χ1) is 13.0. The van der Waals surface area contributed by atoms with Gasteiger partial charge in [-0.15, -0.1) is 0 Å². The molecule has 3 rings (SSSR count). The second-order valence-electron chi connectivity index (χ2n) is 6.41. The molecule has 1 aliphatic heterocycles. The van der Waals surface area contributed by atoms with Crippen molar-refractivity contribution in [2.75, 3.05) is 25.0 Å². The van der Waals surface area contributed by atoms with E-state index < -0.39 is 0 Å². The van der Waals surface area contributed by atoms with Crippen molar-refractivity contribution in [2.24, 2.45) is 4.99 Å². The first-order valence-corrected chi connectivity index (χ1v) is 9.14.